The Bertz CT molecular complexity index is 968. The summed E-state index contributed by atoms with van der Waals surface area (Å²) in [5, 5.41) is 14.4. The normalized spacial score (nSPS) is 18.7. The van der Waals surface area contributed by atoms with E-state index in [1.54, 1.807) is 6.92 Å². The standard InChI is InChI=1S/C27H35N3O3/c1-20(31)25(21-8-3-2-4-9-21)30-18-15-27(33,16-19-30)24(32)12-6-5-11-23-14-13-22-10-7-17-28-26(22)29-23/h2-4,8-9,13-14,25,33H,5-7,10-12,15-19H2,1H3,(H,28,29). The van der Waals surface area contributed by atoms with Gasteiger partial charge in [-0.25, -0.2) is 4.98 Å². The van der Waals surface area contributed by atoms with Crippen LogP contribution in [-0.4, -0.2) is 51.8 Å². The second-order valence-corrected chi connectivity index (χ2v) is 9.46. The zero-order chi connectivity index (χ0) is 23.3. The SMILES string of the molecule is CC(=O)C(c1ccccc1)N1CCC(O)(C(=O)CCCCc2ccc3c(n2)NCCC3)CC1. The Labute approximate surface area is 196 Å². The van der Waals surface area contributed by atoms with E-state index in [0.29, 0.717) is 32.4 Å². The van der Waals surface area contributed by atoms with Crippen LogP contribution in [0.4, 0.5) is 5.82 Å². The quantitative estimate of drug-likeness (QED) is 0.566. The van der Waals surface area contributed by atoms with Crippen molar-refractivity contribution in [2.24, 2.45) is 0 Å². The zero-order valence-electron chi connectivity index (χ0n) is 19.6. The molecule has 33 heavy (non-hydrogen) atoms. The maximum absolute atomic E-state index is 12.8. The van der Waals surface area contributed by atoms with Gasteiger partial charge in [-0.2, -0.15) is 0 Å². The van der Waals surface area contributed by atoms with Crippen molar-refractivity contribution >= 4 is 17.4 Å². The number of hydrogen-bond donors (Lipinski definition) is 2. The van der Waals surface area contributed by atoms with Crippen molar-refractivity contribution in [3.05, 3.63) is 59.3 Å². The van der Waals surface area contributed by atoms with Gasteiger partial charge in [0.1, 0.15) is 11.4 Å². The minimum absolute atomic E-state index is 0.0682. The van der Waals surface area contributed by atoms with Gasteiger partial charge >= 0.3 is 0 Å². The summed E-state index contributed by atoms with van der Waals surface area (Å²) in [5.74, 6) is 1.03. The number of carbonyl (C=O) groups is 2. The molecule has 6 heteroatoms. The van der Waals surface area contributed by atoms with E-state index in [2.05, 4.69) is 22.3 Å². The van der Waals surface area contributed by atoms with E-state index in [-0.39, 0.29) is 17.6 Å². The highest BCUT2D eigenvalue weighted by Gasteiger charge is 2.40. The molecule has 2 aromatic rings. The molecule has 4 rings (SSSR count). The Balaban J connectivity index is 1.25. The summed E-state index contributed by atoms with van der Waals surface area (Å²) >= 11 is 0. The minimum Gasteiger partial charge on any atom is -0.382 e. The van der Waals surface area contributed by atoms with E-state index in [4.69, 9.17) is 4.98 Å². The molecule has 6 nitrogen and oxygen atoms in total. The number of piperidine rings is 1. The van der Waals surface area contributed by atoms with Crippen molar-refractivity contribution in [1.29, 1.82) is 0 Å². The van der Waals surface area contributed by atoms with Crippen molar-refractivity contribution in [1.82, 2.24) is 9.88 Å². The maximum Gasteiger partial charge on any atom is 0.164 e. The number of carbonyl (C=O) groups excluding carboxylic acids is 2. The molecule has 176 valence electrons. The molecular weight excluding hydrogens is 414 g/mol. The average molecular weight is 450 g/mol. The average Bonchev–Trinajstić information content (AvgIpc) is 2.83. The molecule has 0 radical (unpaired) electrons. The van der Waals surface area contributed by atoms with Gasteiger partial charge < -0.3 is 10.4 Å². The number of benzene rings is 1. The first kappa shape index (κ1) is 23.6. The number of ketones is 2. The third-order valence-electron chi connectivity index (χ3n) is 7.05. The molecule has 0 bridgehead atoms. The lowest BCUT2D eigenvalue weighted by Crippen LogP contribution is -2.51. The molecule has 2 aliphatic heterocycles. The Kier molecular flexibility index (Phi) is 7.56. The van der Waals surface area contributed by atoms with E-state index in [9.17, 15) is 14.7 Å². The number of Topliss-reactive ketones (excluding diaryl/α,β-unsaturated/α-hetero) is 2. The number of likely N-dealkylation sites (tertiary alicyclic amines) is 1. The molecule has 1 fully saturated rings. The van der Waals surface area contributed by atoms with E-state index in [1.807, 2.05) is 30.3 Å². The summed E-state index contributed by atoms with van der Waals surface area (Å²) in [6.07, 6.45) is 5.83. The van der Waals surface area contributed by atoms with Crippen LogP contribution < -0.4 is 5.32 Å². The fourth-order valence-electron chi connectivity index (χ4n) is 5.10. The highest BCUT2D eigenvalue weighted by molar-refractivity contribution is 5.87. The summed E-state index contributed by atoms with van der Waals surface area (Å²) < 4.78 is 0. The number of aromatic nitrogens is 1. The van der Waals surface area contributed by atoms with Gasteiger partial charge in [-0.05, 0) is 69.1 Å². The van der Waals surface area contributed by atoms with Gasteiger partial charge in [-0.3, -0.25) is 14.5 Å². The lowest BCUT2D eigenvalue weighted by atomic mass is 9.84. The predicted octanol–water partition coefficient (Wildman–Crippen LogP) is 3.88. The van der Waals surface area contributed by atoms with E-state index in [0.717, 1.165) is 55.7 Å². The van der Waals surface area contributed by atoms with Crippen LogP contribution in [0.25, 0.3) is 0 Å². The summed E-state index contributed by atoms with van der Waals surface area (Å²) in [6, 6.07) is 13.7. The van der Waals surface area contributed by atoms with Gasteiger partial charge in [-0.15, -0.1) is 0 Å². The van der Waals surface area contributed by atoms with E-state index < -0.39 is 5.60 Å². The van der Waals surface area contributed by atoms with E-state index in [1.165, 1.54) is 5.56 Å². The molecule has 2 aliphatic rings. The number of pyridine rings is 1. The van der Waals surface area contributed by atoms with Gasteiger partial charge in [0.2, 0.25) is 0 Å². The summed E-state index contributed by atoms with van der Waals surface area (Å²) in [5.41, 5.74) is 2.03. The maximum atomic E-state index is 12.8. The molecule has 0 aliphatic carbocycles. The van der Waals surface area contributed by atoms with Crippen molar-refractivity contribution in [2.75, 3.05) is 25.0 Å². The molecular formula is C27H35N3O3. The molecule has 1 aromatic carbocycles. The molecule has 0 saturated carbocycles. The minimum atomic E-state index is -1.28. The smallest absolute Gasteiger partial charge is 0.164 e. The van der Waals surface area contributed by atoms with Gasteiger partial charge in [0.15, 0.2) is 11.6 Å². The van der Waals surface area contributed by atoms with Gasteiger partial charge in [0.05, 0.1) is 6.04 Å². The van der Waals surface area contributed by atoms with Crippen LogP contribution in [0.15, 0.2) is 42.5 Å². The third-order valence-corrected chi connectivity index (χ3v) is 7.05. The molecule has 1 atom stereocenters. The first-order chi connectivity index (χ1) is 16.0. The monoisotopic (exact) mass is 449 g/mol. The molecule has 1 unspecified atom stereocenters. The number of rotatable bonds is 9. The lowest BCUT2D eigenvalue weighted by molar-refractivity contribution is -0.144. The Morgan fingerprint density at radius 1 is 1.12 bits per heavy atom. The third kappa shape index (κ3) is 5.68. The molecule has 0 amide bonds. The number of nitrogens with zero attached hydrogens (tertiary/aromatic N) is 2. The van der Waals surface area contributed by atoms with Gasteiger partial charge in [0.25, 0.3) is 0 Å². The topological polar surface area (TPSA) is 82.5 Å². The summed E-state index contributed by atoms with van der Waals surface area (Å²) in [4.78, 5) is 32.0. The van der Waals surface area contributed by atoms with Gasteiger partial charge in [0, 0.05) is 31.7 Å². The molecule has 3 heterocycles. The van der Waals surface area contributed by atoms with Gasteiger partial charge in [-0.1, -0.05) is 36.4 Å². The zero-order valence-corrected chi connectivity index (χ0v) is 19.6. The number of anilines is 1. The number of aryl methyl sites for hydroxylation is 2. The fourth-order valence-corrected chi connectivity index (χ4v) is 5.10. The number of hydrogen-bond acceptors (Lipinski definition) is 6. The van der Waals surface area contributed by atoms with Crippen LogP contribution >= 0.6 is 0 Å². The van der Waals surface area contributed by atoms with Crippen LogP contribution in [0.5, 0.6) is 0 Å². The molecule has 1 saturated heterocycles. The second-order valence-electron chi connectivity index (χ2n) is 9.46. The predicted molar refractivity (Wildman–Crippen MR) is 129 cm³/mol. The largest absolute Gasteiger partial charge is 0.382 e. The van der Waals surface area contributed by atoms with Crippen molar-refractivity contribution in [3.8, 4) is 0 Å². The van der Waals surface area contributed by atoms with Crippen LogP contribution in [-0.2, 0) is 22.4 Å². The number of fused-ring (bicyclic) bond motifs is 1. The molecule has 2 N–H and O–H groups in total. The first-order valence-corrected chi connectivity index (χ1v) is 12.2. The Hall–Kier alpha value is -2.57. The second kappa shape index (κ2) is 10.6. The van der Waals surface area contributed by atoms with Crippen molar-refractivity contribution in [2.45, 2.75) is 69.9 Å². The van der Waals surface area contributed by atoms with Crippen LogP contribution in [0, 0.1) is 0 Å². The Morgan fingerprint density at radius 3 is 2.61 bits per heavy atom. The van der Waals surface area contributed by atoms with Crippen molar-refractivity contribution in [3.63, 3.8) is 0 Å². The van der Waals surface area contributed by atoms with Crippen LogP contribution in [0.1, 0.15) is 68.3 Å². The van der Waals surface area contributed by atoms with E-state index >= 15 is 0 Å². The van der Waals surface area contributed by atoms with Crippen LogP contribution in [0.2, 0.25) is 0 Å². The molecule has 0 spiro atoms. The Morgan fingerprint density at radius 2 is 1.88 bits per heavy atom. The first-order valence-electron chi connectivity index (χ1n) is 12.2. The highest BCUT2D eigenvalue weighted by atomic mass is 16.3. The summed E-state index contributed by atoms with van der Waals surface area (Å²) in [6.45, 7) is 3.66. The van der Waals surface area contributed by atoms with Crippen molar-refractivity contribution < 1.29 is 14.7 Å². The fraction of sp³-hybridized carbons (Fsp3) is 0.519. The van der Waals surface area contributed by atoms with Crippen LogP contribution in [0.3, 0.4) is 0 Å². The lowest BCUT2D eigenvalue weighted by Gasteiger charge is -2.40. The number of nitrogens with one attached hydrogen (secondary N) is 1. The number of aliphatic hydroxyl groups is 1. The highest BCUT2D eigenvalue weighted by Crippen LogP contribution is 2.31. The molecule has 1 aromatic heterocycles. The summed E-state index contributed by atoms with van der Waals surface area (Å²) in [7, 11) is 0. The number of unbranched alkanes of at least 4 members (excludes halogenated alkanes) is 1.